The minimum absolute atomic E-state index is 0.279. The van der Waals surface area contributed by atoms with Gasteiger partial charge in [-0.15, -0.1) is 22.9 Å². The lowest BCUT2D eigenvalue weighted by molar-refractivity contribution is 0.263. The van der Waals surface area contributed by atoms with Gasteiger partial charge in [-0.05, 0) is 26.1 Å². The maximum atomic E-state index is 12.5. The highest BCUT2D eigenvalue weighted by Gasteiger charge is 2.38. The van der Waals surface area contributed by atoms with E-state index in [-0.39, 0.29) is 6.04 Å². The number of hydrogen-bond acceptors (Lipinski definition) is 4. The Morgan fingerprint density at radius 3 is 2.63 bits per heavy atom. The minimum atomic E-state index is -3.37. The predicted octanol–water partition coefficient (Wildman–Crippen LogP) is 2.06. The third-order valence-electron chi connectivity index (χ3n) is 3.60. The van der Waals surface area contributed by atoms with Gasteiger partial charge in [-0.25, -0.2) is 8.42 Å². The molecule has 0 aliphatic carbocycles. The van der Waals surface area contributed by atoms with E-state index in [4.69, 9.17) is 11.6 Å². The van der Waals surface area contributed by atoms with Crippen LogP contribution in [0.3, 0.4) is 0 Å². The molecule has 2 atom stereocenters. The Hall–Kier alpha value is -0.140. The molecule has 0 N–H and O–H groups in total. The number of rotatable bonds is 4. The third-order valence-corrected chi connectivity index (χ3v) is 6.94. The van der Waals surface area contributed by atoms with Crippen LogP contribution in [0.1, 0.15) is 11.8 Å². The molecule has 0 amide bonds. The summed E-state index contributed by atoms with van der Waals surface area (Å²) in [6.07, 6.45) is 0. The molecule has 1 aliphatic rings. The number of alkyl halides is 1. The van der Waals surface area contributed by atoms with Crippen molar-refractivity contribution in [3.8, 4) is 0 Å². The Morgan fingerprint density at radius 1 is 1.47 bits per heavy atom. The Kier molecular flexibility index (Phi) is 4.57. The van der Waals surface area contributed by atoms with Gasteiger partial charge in [0.05, 0.1) is 10.8 Å². The van der Waals surface area contributed by atoms with Gasteiger partial charge in [-0.2, -0.15) is 4.31 Å². The van der Waals surface area contributed by atoms with Gasteiger partial charge >= 0.3 is 0 Å². The summed E-state index contributed by atoms with van der Waals surface area (Å²) in [6.45, 7) is 3.23. The van der Waals surface area contributed by atoms with Gasteiger partial charge in [0, 0.05) is 29.4 Å². The molecule has 2 rings (SSSR count). The van der Waals surface area contributed by atoms with Crippen LogP contribution in [-0.2, 0) is 15.9 Å². The molecular formula is C12H19ClN2O2S2. The second kappa shape index (κ2) is 5.69. The number of sulfonamides is 1. The average molecular weight is 323 g/mol. The molecule has 2 unspecified atom stereocenters. The van der Waals surface area contributed by atoms with Crippen molar-refractivity contribution in [2.75, 3.05) is 27.2 Å². The van der Waals surface area contributed by atoms with Gasteiger partial charge in [0.2, 0.25) is 10.0 Å². The standard InChI is InChI=1S/C12H19ClN2O2S2/c1-9-6-15(7-12(9)14(2)3)19(16,17)11-4-10(5-13)18-8-11/h4,8-9,12H,5-7H2,1-3H3. The Balaban J connectivity index is 2.22. The van der Waals surface area contributed by atoms with E-state index in [0.29, 0.717) is 29.8 Å². The summed E-state index contributed by atoms with van der Waals surface area (Å²) in [4.78, 5) is 3.36. The van der Waals surface area contributed by atoms with E-state index in [1.54, 1.807) is 15.8 Å². The van der Waals surface area contributed by atoms with Crippen LogP contribution in [-0.4, -0.2) is 50.8 Å². The molecule has 108 valence electrons. The second-order valence-corrected chi connectivity index (χ2v) is 8.41. The largest absolute Gasteiger partial charge is 0.305 e. The van der Waals surface area contributed by atoms with Crippen LogP contribution in [0.4, 0.5) is 0 Å². The fraction of sp³-hybridized carbons (Fsp3) is 0.667. The van der Waals surface area contributed by atoms with E-state index in [9.17, 15) is 8.42 Å². The maximum Gasteiger partial charge on any atom is 0.243 e. The summed E-state index contributed by atoms with van der Waals surface area (Å²) >= 11 is 7.13. The number of likely N-dealkylation sites (N-methyl/N-ethyl adjacent to an activating group) is 1. The first-order chi connectivity index (χ1) is 8.86. The highest BCUT2D eigenvalue weighted by Crippen LogP contribution is 2.29. The van der Waals surface area contributed by atoms with Crippen molar-refractivity contribution >= 4 is 33.0 Å². The van der Waals surface area contributed by atoms with Crippen molar-refractivity contribution < 1.29 is 8.42 Å². The summed E-state index contributed by atoms with van der Waals surface area (Å²) in [6, 6.07) is 1.96. The molecule has 0 aromatic carbocycles. The first kappa shape index (κ1) is 15.3. The molecule has 1 fully saturated rings. The van der Waals surface area contributed by atoms with Gasteiger partial charge in [0.15, 0.2) is 0 Å². The number of hydrogen-bond donors (Lipinski definition) is 0. The minimum Gasteiger partial charge on any atom is -0.305 e. The molecule has 1 aromatic rings. The molecule has 1 saturated heterocycles. The molecule has 19 heavy (non-hydrogen) atoms. The van der Waals surface area contributed by atoms with Crippen molar-refractivity contribution in [3.05, 3.63) is 16.3 Å². The topological polar surface area (TPSA) is 40.6 Å². The Morgan fingerprint density at radius 2 is 2.16 bits per heavy atom. The second-order valence-electron chi connectivity index (χ2n) is 5.21. The van der Waals surface area contributed by atoms with Crippen LogP contribution >= 0.6 is 22.9 Å². The van der Waals surface area contributed by atoms with Crippen molar-refractivity contribution in [3.63, 3.8) is 0 Å². The Labute approximate surface area is 124 Å². The molecule has 1 aliphatic heterocycles. The van der Waals surface area contributed by atoms with Crippen LogP contribution in [0.5, 0.6) is 0 Å². The first-order valence-electron chi connectivity index (χ1n) is 6.16. The van der Waals surface area contributed by atoms with Crippen LogP contribution in [0.15, 0.2) is 16.3 Å². The monoisotopic (exact) mass is 322 g/mol. The number of thiophene rings is 1. The summed E-state index contributed by atoms with van der Waals surface area (Å²) < 4.78 is 26.7. The molecular weight excluding hydrogens is 304 g/mol. The van der Waals surface area contributed by atoms with E-state index in [1.807, 2.05) is 14.1 Å². The number of halogens is 1. The Bertz CT molecular complexity index is 542. The van der Waals surface area contributed by atoms with Crippen molar-refractivity contribution in [1.82, 2.24) is 9.21 Å². The smallest absolute Gasteiger partial charge is 0.243 e. The zero-order chi connectivity index (χ0) is 14.2. The summed E-state index contributed by atoms with van der Waals surface area (Å²) in [7, 11) is 0.618. The quantitative estimate of drug-likeness (QED) is 0.797. The van der Waals surface area contributed by atoms with Gasteiger partial charge in [0.1, 0.15) is 0 Å². The predicted molar refractivity (Wildman–Crippen MR) is 79.3 cm³/mol. The SMILES string of the molecule is CC1CN(S(=O)(=O)c2csc(CCl)c2)CC1N(C)C. The zero-order valence-corrected chi connectivity index (χ0v) is 13.7. The molecule has 1 aromatic heterocycles. The third kappa shape index (κ3) is 2.97. The fourth-order valence-electron chi connectivity index (χ4n) is 2.49. The first-order valence-corrected chi connectivity index (χ1v) is 9.01. The van der Waals surface area contributed by atoms with Gasteiger partial charge in [-0.3, -0.25) is 0 Å². The summed E-state index contributed by atoms with van der Waals surface area (Å²) in [5, 5.41) is 1.68. The van der Waals surface area contributed by atoms with Gasteiger partial charge in [-0.1, -0.05) is 6.92 Å². The normalized spacial score (nSPS) is 25.3. The molecule has 7 heteroatoms. The van der Waals surface area contributed by atoms with Crippen LogP contribution in [0, 0.1) is 5.92 Å². The van der Waals surface area contributed by atoms with E-state index in [1.165, 1.54) is 11.3 Å². The highest BCUT2D eigenvalue weighted by molar-refractivity contribution is 7.89. The fourth-order valence-corrected chi connectivity index (χ4v) is 5.42. The zero-order valence-electron chi connectivity index (χ0n) is 11.3. The van der Waals surface area contributed by atoms with Crippen molar-refractivity contribution in [1.29, 1.82) is 0 Å². The van der Waals surface area contributed by atoms with E-state index < -0.39 is 10.0 Å². The highest BCUT2D eigenvalue weighted by atomic mass is 35.5. The lowest BCUT2D eigenvalue weighted by Gasteiger charge is -2.22. The number of nitrogens with zero attached hydrogens (tertiary/aromatic N) is 2. The van der Waals surface area contributed by atoms with Crippen LogP contribution < -0.4 is 0 Å². The van der Waals surface area contributed by atoms with Gasteiger partial charge < -0.3 is 4.90 Å². The summed E-state index contributed by atoms with van der Waals surface area (Å²) in [5.41, 5.74) is 0. The van der Waals surface area contributed by atoms with Crippen molar-refractivity contribution in [2.45, 2.75) is 23.7 Å². The van der Waals surface area contributed by atoms with E-state index in [0.717, 1.165) is 4.88 Å². The molecule has 0 spiro atoms. The average Bonchev–Trinajstić information content (AvgIpc) is 2.95. The van der Waals surface area contributed by atoms with Crippen molar-refractivity contribution in [2.24, 2.45) is 5.92 Å². The molecule has 4 nitrogen and oxygen atoms in total. The summed E-state index contributed by atoms with van der Waals surface area (Å²) in [5.74, 6) is 0.701. The molecule has 0 radical (unpaired) electrons. The maximum absolute atomic E-state index is 12.5. The lowest BCUT2D eigenvalue weighted by atomic mass is 10.1. The molecule has 0 bridgehead atoms. The van der Waals surface area contributed by atoms with Crippen LogP contribution in [0.25, 0.3) is 0 Å². The molecule has 2 heterocycles. The lowest BCUT2D eigenvalue weighted by Crippen LogP contribution is -2.35. The van der Waals surface area contributed by atoms with E-state index >= 15 is 0 Å². The van der Waals surface area contributed by atoms with Gasteiger partial charge in [0.25, 0.3) is 0 Å². The van der Waals surface area contributed by atoms with E-state index in [2.05, 4.69) is 11.8 Å². The van der Waals surface area contributed by atoms with Crippen LogP contribution in [0.2, 0.25) is 0 Å². The molecule has 0 saturated carbocycles.